The zero-order valence-corrected chi connectivity index (χ0v) is 11.3. The largest absolute Gasteiger partial charge is 0.315 e. The maximum atomic E-state index is 3.68. The molecule has 1 saturated heterocycles. The van der Waals surface area contributed by atoms with Crippen LogP contribution < -0.4 is 5.32 Å². The first kappa shape index (κ1) is 13.1. The Balaban J connectivity index is 1.58. The van der Waals surface area contributed by atoms with E-state index in [1.165, 1.54) is 64.7 Å². The monoisotopic (exact) mass is 236 g/mol. The van der Waals surface area contributed by atoms with Crippen molar-refractivity contribution in [1.29, 1.82) is 0 Å². The smallest absolute Gasteiger partial charge is 0.0192 e. The predicted octanol–water partition coefficient (Wildman–Crippen LogP) is 2.81. The molecular weight excluding hydrogens is 208 g/mol. The second kappa shape index (κ2) is 7.17. The van der Waals surface area contributed by atoms with E-state index in [4.69, 9.17) is 0 Å². The summed E-state index contributed by atoms with van der Waals surface area (Å²) < 4.78 is 0. The summed E-state index contributed by atoms with van der Waals surface area (Å²) in [5.41, 5.74) is 0. The highest BCUT2D eigenvalue weighted by molar-refractivity contribution is 4.90. The molecule has 2 heteroatoms. The molecule has 1 fully saturated rings. The van der Waals surface area contributed by atoms with Gasteiger partial charge in [-0.3, -0.25) is 4.90 Å². The molecule has 0 bridgehead atoms. The number of rotatable bonds is 5. The van der Waals surface area contributed by atoms with Crippen molar-refractivity contribution in [2.45, 2.75) is 51.5 Å². The number of likely N-dealkylation sites (tertiary alicyclic amines) is 1. The van der Waals surface area contributed by atoms with E-state index in [2.05, 4.69) is 29.3 Å². The van der Waals surface area contributed by atoms with Gasteiger partial charge in [0.1, 0.15) is 0 Å². The second-order valence-electron chi connectivity index (χ2n) is 5.75. The lowest BCUT2D eigenvalue weighted by Gasteiger charge is -2.32. The van der Waals surface area contributed by atoms with Crippen LogP contribution in [0.1, 0.15) is 45.4 Å². The Bertz CT molecular complexity index is 231. The van der Waals surface area contributed by atoms with Gasteiger partial charge in [0.15, 0.2) is 0 Å². The maximum Gasteiger partial charge on any atom is 0.0192 e. The number of hydrogen-bond donors (Lipinski definition) is 1. The fourth-order valence-electron chi connectivity index (χ4n) is 3.03. The molecule has 1 N–H and O–H groups in total. The summed E-state index contributed by atoms with van der Waals surface area (Å²) in [6, 6.07) is 0.717. The van der Waals surface area contributed by atoms with E-state index in [9.17, 15) is 0 Å². The normalized spacial score (nSPS) is 28.2. The van der Waals surface area contributed by atoms with Gasteiger partial charge in [-0.05, 0) is 64.6 Å². The highest BCUT2D eigenvalue weighted by atomic mass is 15.2. The van der Waals surface area contributed by atoms with E-state index < -0.39 is 0 Å². The molecule has 0 radical (unpaired) electrons. The molecule has 0 aromatic rings. The summed E-state index contributed by atoms with van der Waals surface area (Å²) in [4.78, 5) is 2.65. The van der Waals surface area contributed by atoms with Gasteiger partial charge >= 0.3 is 0 Å². The molecule has 0 saturated carbocycles. The highest BCUT2D eigenvalue weighted by Crippen LogP contribution is 2.17. The summed E-state index contributed by atoms with van der Waals surface area (Å²) in [7, 11) is 0. The zero-order valence-electron chi connectivity index (χ0n) is 11.3. The summed E-state index contributed by atoms with van der Waals surface area (Å²) in [5.74, 6) is 0.883. The second-order valence-corrected chi connectivity index (χ2v) is 5.75. The Morgan fingerprint density at radius 1 is 1.24 bits per heavy atom. The third-order valence-electron chi connectivity index (χ3n) is 4.26. The van der Waals surface area contributed by atoms with Gasteiger partial charge < -0.3 is 5.32 Å². The number of nitrogens with zero attached hydrogens (tertiary/aromatic N) is 1. The number of hydrogen-bond acceptors (Lipinski definition) is 2. The van der Waals surface area contributed by atoms with Crippen molar-refractivity contribution in [3.8, 4) is 0 Å². The van der Waals surface area contributed by atoms with Crippen LogP contribution in [0.3, 0.4) is 0 Å². The molecule has 0 spiro atoms. The Morgan fingerprint density at radius 2 is 2.06 bits per heavy atom. The minimum Gasteiger partial charge on any atom is -0.315 e. The molecule has 2 nitrogen and oxygen atoms in total. The fourth-order valence-corrected chi connectivity index (χ4v) is 3.03. The van der Waals surface area contributed by atoms with E-state index in [1.807, 2.05) is 0 Å². The van der Waals surface area contributed by atoms with Crippen molar-refractivity contribution in [3.63, 3.8) is 0 Å². The van der Waals surface area contributed by atoms with Crippen LogP contribution in [-0.2, 0) is 0 Å². The first-order chi connectivity index (χ1) is 8.36. The van der Waals surface area contributed by atoms with Gasteiger partial charge in [-0.2, -0.15) is 0 Å². The number of nitrogens with one attached hydrogen (secondary N) is 1. The fraction of sp³-hybridized carbons (Fsp3) is 0.867. The third-order valence-corrected chi connectivity index (χ3v) is 4.26. The first-order valence-corrected chi connectivity index (χ1v) is 7.46. The van der Waals surface area contributed by atoms with Crippen LogP contribution in [0.5, 0.6) is 0 Å². The van der Waals surface area contributed by atoms with Crippen molar-refractivity contribution < 1.29 is 0 Å². The SMILES string of the molecule is CC(CNCC1CC=CCC1)N1CCCCC1. The summed E-state index contributed by atoms with van der Waals surface area (Å²) >= 11 is 0. The van der Waals surface area contributed by atoms with E-state index >= 15 is 0 Å². The molecule has 0 amide bonds. The van der Waals surface area contributed by atoms with Crippen molar-refractivity contribution in [3.05, 3.63) is 12.2 Å². The van der Waals surface area contributed by atoms with Gasteiger partial charge in [-0.1, -0.05) is 18.6 Å². The maximum absolute atomic E-state index is 3.68. The first-order valence-electron chi connectivity index (χ1n) is 7.46. The lowest BCUT2D eigenvalue weighted by molar-refractivity contribution is 0.169. The predicted molar refractivity (Wildman–Crippen MR) is 74.2 cm³/mol. The van der Waals surface area contributed by atoms with Crippen LogP contribution in [0.2, 0.25) is 0 Å². The minimum absolute atomic E-state index is 0.717. The molecule has 2 aliphatic rings. The van der Waals surface area contributed by atoms with Crippen LogP contribution in [0, 0.1) is 5.92 Å². The highest BCUT2D eigenvalue weighted by Gasteiger charge is 2.16. The topological polar surface area (TPSA) is 15.3 Å². The van der Waals surface area contributed by atoms with Gasteiger partial charge in [-0.15, -0.1) is 0 Å². The van der Waals surface area contributed by atoms with Gasteiger partial charge in [-0.25, -0.2) is 0 Å². The lowest BCUT2D eigenvalue weighted by Crippen LogP contribution is -2.43. The summed E-state index contributed by atoms with van der Waals surface area (Å²) in [5, 5.41) is 3.68. The van der Waals surface area contributed by atoms with Gasteiger partial charge in [0.25, 0.3) is 0 Å². The molecule has 0 aromatic heterocycles. The van der Waals surface area contributed by atoms with Crippen LogP contribution >= 0.6 is 0 Å². The van der Waals surface area contributed by atoms with Crippen LogP contribution in [0.25, 0.3) is 0 Å². The number of allylic oxidation sites excluding steroid dienone is 2. The average molecular weight is 236 g/mol. The Labute approximate surface area is 106 Å². The molecule has 98 valence electrons. The van der Waals surface area contributed by atoms with E-state index in [0.29, 0.717) is 0 Å². The molecule has 2 atom stereocenters. The quantitative estimate of drug-likeness (QED) is 0.738. The molecule has 1 aliphatic heterocycles. The van der Waals surface area contributed by atoms with Crippen LogP contribution in [-0.4, -0.2) is 37.1 Å². The molecule has 1 heterocycles. The molecule has 17 heavy (non-hydrogen) atoms. The minimum atomic E-state index is 0.717. The zero-order chi connectivity index (χ0) is 11.9. The van der Waals surface area contributed by atoms with Crippen LogP contribution in [0.4, 0.5) is 0 Å². The molecular formula is C15H28N2. The standard InChI is InChI=1S/C15H28N2/c1-14(17-10-6-3-7-11-17)12-16-13-15-8-4-2-5-9-15/h2,4,14-16H,3,5-13H2,1H3. The van der Waals surface area contributed by atoms with Crippen LogP contribution in [0.15, 0.2) is 12.2 Å². The summed E-state index contributed by atoms with van der Waals surface area (Å²) in [6.07, 6.45) is 12.9. The molecule has 2 unspecified atom stereocenters. The van der Waals surface area contributed by atoms with Crippen molar-refractivity contribution in [1.82, 2.24) is 10.2 Å². The van der Waals surface area contributed by atoms with E-state index in [0.717, 1.165) is 12.0 Å². The third kappa shape index (κ3) is 4.44. The molecule has 0 aromatic carbocycles. The molecule has 2 rings (SSSR count). The van der Waals surface area contributed by atoms with E-state index in [1.54, 1.807) is 0 Å². The lowest BCUT2D eigenvalue weighted by atomic mass is 9.94. The van der Waals surface area contributed by atoms with E-state index in [-0.39, 0.29) is 0 Å². The molecule has 1 aliphatic carbocycles. The Hall–Kier alpha value is -0.340. The number of piperidine rings is 1. The van der Waals surface area contributed by atoms with Crippen molar-refractivity contribution in [2.75, 3.05) is 26.2 Å². The Kier molecular flexibility index (Phi) is 5.53. The van der Waals surface area contributed by atoms with Gasteiger partial charge in [0.05, 0.1) is 0 Å². The Morgan fingerprint density at radius 3 is 2.76 bits per heavy atom. The van der Waals surface area contributed by atoms with Crippen molar-refractivity contribution in [2.24, 2.45) is 5.92 Å². The summed E-state index contributed by atoms with van der Waals surface area (Å²) in [6.45, 7) is 7.38. The van der Waals surface area contributed by atoms with Gasteiger partial charge in [0, 0.05) is 12.6 Å². The van der Waals surface area contributed by atoms with Gasteiger partial charge in [0.2, 0.25) is 0 Å². The average Bonchev–Trinajstić information content (AvgIpc) is 2.41. The van der Waals surface area contributed by atoms with Crippen molar-refractivity contribution >= 4 is 0 Å².